The molecule has 2 rings (SSSR count). The van der Waals surface area contributed by atoms with Gasteiger partial charge in [0.2, 0.25) is 5.91 Å². The quantitative estimate of drug-likeness (QED) is 0.691. The number of carbonyl (C=O) groups is 2. The zero-order valence-electron chi connectivity index (χ0n) is 10.9. The van der Waals surface area contributed by atoms with E-state index in [2.05, 4.69) is 20.8 Å². The summed E-state index contributed by atoms with van der Waals surface area (Å²) in [4.78, 5) is 23.7. The van der Waals surface area contributed by atoms with Gasteiger partial charge < -0.3 is 15.4 Å². The van der Waals surface area contributed by atoms with Crippen LogP contribution in [0, 0.1) is 5.92 Å². The number of hydrogen-bond donors (Lipinski definition) is 3. The molecule has 1 aliphatic rings. The zero-order valence-corrected chi connectivity index (χ0v) is 10.9. The Morgan fingerprint density at radius 2 is 2.42 bits per heavy atom. The molecule has 0 aliphatic carbocycles. The number of aromatic amines is 1. The number of H-pyrrole nitrogens is 1. The van der Waals surface area contributed by atoms with Crippen LogP contribution in [0.3, 0.4) is 0 Å². The first-order valence-electron chi connectivity index (χ1n) is 6.44. The third-order valence-corrected chi connectivity index (χ3v) is 3.05. The van der Waals surface area contributed by atoms with Crippen LogP contribution in [0.15, 0.2) is 6.20 Å². The van der Waals surface area contributed by atoms with Crippen molar-refractivity contribution >= 4 is 17.7 Å². The van der Waals surface area contributed by atoms with Gasteiger partial charge in [0.15, 0.2) is 0 Å². The van der Waals surface area contributed by atoms with Crippen molar-refractivity contribution in [3.05, 3.63) is 11.8 Å². The summed E-state index contributed by atoms with van der Waals surface area (Å²) in [5, 5.41) is 12.3. The molecule has 7 heteroatoms. The number of carbonyl (C=O) groups excluding carboxylic acids is 2. The van der Waals surface area contributed by atoms with Gasteiger partial charge in [0.25, 0.3) is 0 Å². The molecule has 1 aliphatic heterocycles. The molecule has 1 atom stereocenters. The van der Waals surface area contributed by atoms with Crippen LogP contribution in [0.4, 0.5) is 5.82 Å². The van der Waals surface area contributed by atoms with Crippen LogP contribution in [-0.2, 0) is 9.53 Å². The summed E-state index contributed by atoms with van der Waals surface area (Å²) in [5.41, 5.74) is 0.249. The average molecular weight is 266 g/mol. The number of amides is 1. The Hall–Kier alpha value is -1.89. The largest absolute Gasteiger partial charge is 0.462 e. The first-order valence-corrected chi connectivity index (χ1v) is 6.44. The number of rotatable bonds is 4. The highest BCUT2D eigenvalue weighted by Crippen LogP contribution is 2.16. The summed E-state index contributed by atoms with van der Waals surface area (Å²) in [5.74, 6) is -0.378. The van der Waals surface area contributed by atoms with Crippen molar-refractivity contribution in [2.45, 2.75) is 19.8 Å². The molecule has 7 nitrogen and oxygen atoms in total. The number of aromatic nitrogens is 2. The van der Waals surface area contributed by atoms with E-state index in [9.17, 15) is 9.59 Å². The molecular formula is C12H18N4O3. The van der Waals surface area contributed by atoms with E-state index in [-0.39, 0.29) is 24.0 Å². The molecule has 3 N–H and O–H groups in total. The van der Waals surface area contributed by atoms with Crippen LogP contribution in [0.5, 0.6) is 0 Å². The van der Waals surface area contributed by atoms with Gasteiger partial charge in [-0.2, -0.15) is 5.10 Å². The maximum absolute atomic E-state index is 12.0. The first kappa shape index (κ1) is 13.5. The second-order valence-corrected chi connectivity index (χ2v) is 4.41. The minimum atomic E-state index is -0.492. The van der Waals surface area contributed by atoms with Gasteiger partial charge in [0.05, 0.1) is 18.7 Å². The van der Waals surface area contributed by atoms with Crippen molar-refractivity contribution in [2.24, 2.45) is 5.92 Å². The highest BCUT2D eigenvalue weighted by Gasteiger charge is 2.23. The summed E-state index contributed by atoms with van der Waals surface area (Å²) < 4.78 is 4.89. The molecule has 0 radical (unpaired) electrons. The van der Waals surface area contributed by atoms with E-state index in [0.717, 1.165) is 19.4 Å². The summed E-state index contributed by atoms with van der Waals surface area (Å²) in [6.45, 7) is 3.62. The van der Waals surface area contributed by atoms with Crippen molar-refractivity contribution in [1.82, 2.24) is 15.5 Å². The normalized spacial score (nSPS) is 18.9. The Morgan fingerprint density at radius 1 is 1.58 bits per heavy atom. The van der Waals surface area contributed by atoms with Gasteiger partial charge in [-0.15, -0.1) is 0 Å². The topological polar surface area (TPSA) is 96.1 Å². The molecule has 0 spiro atoms. The minimum Gasteiger partial charge on any atom is -0.462 e. The average Bonchev–Trinajstić information content (AvgIpc) is 2.88. The molecule has 0 saturated carbocycles. The fourth-order valence-electron chi connectivity index (χ4n) is 2.05. The van der Waals surface area contributed by atoms with Crippen LogP contribution in [-0.4, -0.2) is 41.8 Å². The number of nitrogens with zero attached hydrogens (tertiary/aromatic N) is 1. The Kier molecular flexibility index (Phi) is 4.51. The van der Waals surface area contributed by atoms with Gasteiger partial charge in [-0.25, -0.2) is 4.79 Å². The molecular weight excluding hydrogens is 248 g/mol. The standard InChI is InChI=1S/C12H18N4O3/c1-2-19-12(18)9-7-14-16-10(9)15-11(17)8-4-3-5-13-6-8/h7-8,13H,2-6H2,1H3,(H2,14,15,16,17). The van der Waals surface area contributed by atoms with Crippen molar-refractivity contribution < 1.29 is 14.3 Å². The van der Waals surface area contributed by atoms with Crippen LogP contribution in [0.2, 0.25) is 0 Å². The van der Waals surface area contributed by atoms with E-state index < -0.39 is 5.97 Å². The number of piperidine rings is 1. The molecule has 0 aromatic carbocycles. The summed E-state index contributed by atoms with van der Waals surface area (Å²) in [6, 6.07) is 0. The van der Waals surface area contributed by atoms with Gasteiger partial charge >= 0.3 is 5.97 Å². The second kappa shape index (κ2) is 6.33. The van der Waals surface area contributed by atoms with Gasteiger partial charge in [-0.1, -0.05) is 0 Å². The molecule has 19 heavy (non-hydrogen) atoms. The molecule has 0 bridgehead atoms. The van der Waals surface area contributed by atoms with Crippen LogP contribution >= 0.6 is 0 Å². The summed E-state index contributed by atoms with van der Waals surface area (Å²) in [6.07, 6.45) is 3.18. The maximum Gasteiger partial charge on any atom is 0.343 e. The molecule has 104 valence electrons. The van der Waals surface area contributed by atoms with E-state index in [1.165, 1.54) is 6.20 Å². The Balaban J connectivity index is 2.00. The van der Waals surface area contributed by atoms with Crippen molar-refractivity contribution in [2.75, 3.05) is 25.0 Å². The molecule has 1 unspecified atom stereocenters. The lowest BCUT2D eigenvalue weighted by Gasteiger charge is -2.21. The van der Waals surface area contributed by atoms with E-state index in [4.69, 9.17) is 4.74 Å². The molecule has 1 amide bonds. The molecule has 1 aromatic heterocycles. The maximum atomic E-state index is 12.0. The van der Waals surface area contributed by atoms with E-state index >= 15 is 0 Å². The summed E-state index contributed by atoms with van der Waals surface area (Å²) >= 11 is 0. The second-order valence-electron chi connectivity index (χ2n) is 4.41. The zero-order chi connectivity index (χ0) is 13.7. The molecule has 1 fully saturated rings. The fraction of sp³-hybridized carbons (Fsp3) is 0.583. The van der Waals surface area contributed by atoms with Crippen LogP contribution < -0.4 is 10.6 Å². The lowest BCUT2D eigenvalue weighted by Crippen LogP contribution is -2.37. The highest BCUT2D eigenvalue weighted by molar-refractivity contribution is 6.00. The Bertz CT molecular complexity index is 452. The molecule has 1 saturated heterocycles. The predicted octanol–water partition coefficient (Wildman–Crippen LogP) is 0.524. The lowest BCUT2D eigenvalue weighted by atomic mass is 9.99. The van der Waals surface area contributed by atoms with Crippen molar-refractivity contribution in [3.63, 3.8) is 0 Å². The van der Waals surface area contributed by atoms with Gasteiger partial charge in [0.1, 0.15) is 11.4 Å². The smallest absolute Gasteiger partial charge is 0.343 e. The van der Waals surface area contributed by atoms with E-state index in [0.29, 0.717) is 12.4 Å². The van der Waals surface area contributed by atoms with Gasteiger partial charge in [-0.3, -0.25) is 9.89 Å². The number of esters is 1. The Morgan fingerprint density at radius 3 is 3.11 bits per heavy atom. The summed E-state index contributed by atoms with van der Waals surface area (Å²) in [7, 11) is 0. The third-order valence-electron chi connectivity index (χ3n) is 3.05. The SMILES string of the molecule is CCOC(=O)c1cn[nH]c1NC(=O)C1CCCNC1. The number of hydrogen-bond acceptors (Lipinski definition) is 5. The van der Waals surface area contributed by atoms with Gasteiger partial charge in [0, 0.05) is 6.54 Å². The highest BCUT2D eigenvalue weighted by atomic mass is 16.5. The van der Waals surface area contributed by atoms with Crippen molar-refractivity contribution in [3.8, 4) is 0 Å². The minimum absolute atomic E-state index is 0.0768. The molecule has 1 aromatic rings. The number of ether oxygens (including phenoxy) is 1. The number of anilines is 1. The van der Waals surface area contributed by atoms with Crippen molar-refractivity contribution in [1.29, 1.82) is 0 Å². The number of nitrogens with one attached hydrogen (secondary N) is 3. The third kappa shape index (κ3) is 3.31. The fourth-order valence-corrected chi connectivity index (χ4v) is 2.05. The monoisotopic (exact) mass is 266 g/mol. The van der Waals surface area contributed by atoms with E-state index in [1.807, 2.05) is 0 Å². The first-order chi connectivity index (χ1) is 9.22. The van der Waals surface area contributed by atoms with Crippen LogP contribution in [0.25, 0.3) is 0 Å². The van der Waals surface area contributed by atoms with E-state index in [1.54, 1.807) is 6.92 Å². The van der Waals surface area contributed by atoms with Crippen LogP contribution in [0.1, 0.15) is 30.1 Å². The molecule has 2 heterocycles. The van der Waals surface area contributed by atoms with Gasteiger partial charge in [-0.05, 0) is 26.3 Å². The Labute approximate surface area is 111 Å². The predicted molar refractivity (Wildman–Crippen MR) is 68.8 cm³/mol. The lowest BCUT2D eigenvalue weighted by molar-refractivity contribution is -0.120.